The van der Waals surface area contributed by atoms with Crippen LogP contribution in [0, 0.1) is 0 Å². The molecule has 2 aromatic rings. The molecule has 1 aliphatic rings. The summed E-state index contributed by atoms with van der Waals surface area (Å²) < 4.78 is 10.5. The van der Waals surface area contributed by atoms with Gasteiger partial charge >= 0.3 is 0 Å². The van der Waals surface area contributed by atoms with Crippen LogP contribution in [-0.2, 0) is 11.3 Å². The van der Waals surface area contributed by atoms with Gasteiger partial charge in [-0.05, 0) is 18.2 Å². The number of morpholine rings is 1. The van der Waals surface area contributed by atoms with Crippen molar-refractivity contribution in [2.24, 2.45) is 0 Å². The number of furan rings is 1. The first-order valence-corrected chi connectivity index (χ1v) is 6.60. The van der Waals surface area contributed by atoms with Gasteiger partial charge in [0, 0.05) is 25.2 Å². The summed E-state index contributed by atoms with van der Waals surface area (Å²) in [5.74, 6) is 0. The largest absolute Gasteiger partial charge is 0.472 e. The first-order valence-electron chi connectivity index (χ1n) is 6.60. The van der Waals surface area contributed by atoms with Crippen molar-refractivity contribution < 1.29 is 9.15 Å². The van der Waals surface area contributed by atoms with E-state index >= 15 is 0 Å². The lowest BCUT2D eigenvalue weighted by molar-refractivity contribution is 0.123. The van der Waals surface area contributed by atoms with E-state index in [1.165, 1.54) is 5.69 Å². The van der Waals surface area contributed by atoms with Crippen molar-refractivity contribution in [2.45, 2.75) is 6.54 Å². The Morgan fingerprint density at radius 2 is 1.95 bits per heavy atom. The van der Waals surface area contributed by atoms with Crippen molar-refractivity contribution in [1.82, 2.24) is 0 Å². The van der Waals surface area contributed by atoms with E-state index in [-0.39, 0.29) is 0 Å². The third-order valence-corrected chi connectivity index (χ3v) is 3.32. The summed E-state index contributed by atoms with van der Waals surface area (Å²) in [6.45, 7) is 4.28. The van der Waals surface area contributed by atoms with Crippen molar-refractivity contribution in [3.8, 4) is 0 Å². The molecule has 0 spiro atoms. The Bertz CT molecular complexity index is 505. The van der Waals surface area contributed by atoms with Gasteiger partial charge in [0.25, 0.3) is 0 Å². The molecular weight excluding hydrogens is 240 g/mol. The summed E-state index contributed by atoms with van der Waals surface area (Å²) in [5.41, 5.74) is 3.55. The van der Waals surface area contributed by atoms with E-state index in [1.54, 1.807) is 12.5 Å². The molecule has 1 fully saturated rings. The summed E-state index contributed by atoms with van der Waals surface area (Å²) in [4.78, 5) is 2.36. The fraction of sp³-hybridized carbons (Fsp3) is 0.333. The lowest BCUT2D eigenvalue weighted by atomic mass is 10.2. The topological polar surface area (TPSA) is 37.6 Å². The zero-order valence-electron chi connectivity index (χ0n) is 10.8. The Kier molecular flexibility index (Phi) is 3.70. The smallest absolute Gasteiger partial charge is 0.0952 e. The van der Waals surface area contributed by atoms with Gasteiger partial charge in [0.2, 0.25) is 0 Å². The molecule has 0 unspecified atom stereocenters. The SMILES string of the molecule is c1ccc(N2CCOCC2)c(NCc2ccoc2)c1. The van der Waals surface area contributed by atoms with Crippen LogP contribution in [0.2, 0.25) is 0 Å². The molecule has 1 aliphatic heterocycles. The van der Waals surface area contributed by atoms with Crippen LogP contribution in [0.1, 0.15) is 5.56 Å². The average Bonchev–Trinajstić information content (AvgIpc) is 3.00. The first-order chi connectivity index (χ1) is 9.43. The molecule has 1 aromatic carbocycles. The van der Waals surface area contributed by atoms with Gasteiger partial charge in [-0.15, -0.1) is 0 Å². The van der Waals surface area contributed by atoms with Gasteiger partial charge in [-0.1, -0.05) is 12.1 Å². The van der Waals surface area contributed by atoms with E-state index in [0.717, 1.165) is 44.1 Å². The standard InChI is InChI=1S/C15H18N2O2/c1-2-4-15(17-6-9-18-10-7-17)14(3-1)16-11-13-5-8-19-12-13/h1-5,8,12,16H,6-7,9-11H2. The number of hydrogen-bond acceptors (Lipinski definition) is 4. The van der Waals surface area contributed by atoms with Crippen LogP contribution in [0.3, 0.4) is 0 Å². The zero-order chi connectivity index (χ0) is 12.9. The normalized spacial score (nSPS) is 15.5. The molecule has 0 aliphatic carbocycles. The highest BCUT2D eigenvalue weighted by molar-refractivity contribution is 5.70. The highest BCUT2D eigenvalue weighted by Gasteiger charge is 2.14. The van der Waals surface area contributed by atoms with Crippen LogP contribution < -0.4 is 10.2 Å². The summed E-state index contributed by atoms with van der Waals surface area (Å²) in [5, 5.41) is 3.47. The van der Waals surface area contributed by atoms with E-state index in [0.29, 0.717) is 0 Å². The van der Waals surface area contributed by atoms with Crippen LogP contribution in [-0.4, -0.2) is 26.3 Å². The molecule has 1 saturated heterocycles. The lowest BCUT2D eigenvalue weighted by Crippen LogP contribution is -2.36. The predicted molar refractivity (Wildman–Crippen MR) is 75.5 cm³/mol. The minimum absolute atomic E-state index is 0.776. The second-order valence-corrected chi connectivity index (χ2v) is 4.60. The first kappa shape index (κ1) is 12.1. The van der Waals surface area contributed by atoms with E-state index in [4.69, 9.17) is 9.15 Å². The maximum Gasteiger partial charge on any atom is 0.0952 e. The quantitative estimate of drug-likeness (QED) is 0.915. The molecule has 100 valence electrons. The van der Waals surface area contributed by atoms with Crippen LogP contribution >= 0.6 is 0 Å². The molecule has 0 bridgehead atoms. The monoisotopic (exact) mass is 258 g/mol. The molecule has 3 rings (SSSR count). The van der Waals surface area contributed by atoms with Gasteiger partial charge in [0.05, 0.1) is 37.1 Å². The third kappa shape index (κ3) is 2.90. The highest BCUT2D eigenvalue weighted by atomic mass is 16.5. The number of para-hydroxylation sites is 2. The van der Waals surface area contributed by atoms with Crippen molar-refractivity contribution in [3.05, 3.63) is 48.4 Å². The summed E-state index contributed by atoms with van der Waals surface area (Å²) in [6.07, 6.45) is 3.47. The molecular formula is C15H18N2O2. The molecule has 4 heteroatoms. The average molecular weight is 258 g/mol. The number of hydrogen-bond donors (Lipinski definition) is 1. The van der Waals surface area contributed by atoms with Gasteiger partial charge in [0.15, 0.2) is 0 Å². The van der Waals surface area contributed by atoms with Crippen LogP contribution in [0.15, 0.2) is 47.3 Å². The van der Waals surface area contributed by atoms with E-state index < -0.39 is 0 Å². The van der Waals surface area contributed by atoms with Crippen molar-refractivity contribution >= 4 is 11.4 Å². The van der Waals surface area contributed by atoms with Crippen LogP contribution in [0.25, 0.3) is 0 Å². The molecule has 0 radical (unpaired) electrons. The molecule has 1 N–H and O–H groups in total. The van der Waals surface area contributed by atoms with Gasteiger partial charge in [0.1, 0.15) is 0 Å². The summed E-state index contributed by atoms with van der Waals surface area (Å²) in [6, 6.07) is 10.4. The maximum atomic E-state index is 5.41. The van der Waals surface area contributed by atoms with Gasteiger partial charge in [-0.2, -0.15) is 0 Å². The van der Waals surface area contributed by atoms with Crippen molar-refractivity contribution in [2.75, 3.05) is 36.5 Å². The summed E-state index contributed by atoms with van der Waals surface area (Å²) in [7, 11) is 0. The predicted octanol–water partition coefficient (Wildman–Crippen LogP) is 2.73. The van der Waals surface area contributed by atoms with E-state index in [1.807, 2.05) is 6.07 Å². The Morgan fingerprint density at radius 3 is 2.74 bits per heavy atom. The lowest BCUT2D eigenvalue weighted by Gasteiger charge is -2.30. The fourth-order valence-electron chi connectivity index (χ4n) is 2.29. The Balaban J connectivity index is 1.73. The van der Waals surface area contributed by atoms with Gasteiger partial charge < -0.3 is 19.4 Å². The Hall–Kier alpha value is -1.94. The van der Waals surface area contributed by atoms with E-state index in [2.05, 4.69) is 34.5 Å². The zero-order valence-corrected chi connectivity index (χ0v) is 10.8. The molecule has 4 nitrogen and oxygen atoms in total. The second-order valence-electron chi connectivity index (χ2n) is 4.60. The van der Waals surface area contributed by atoms with Crippen molar-refractivity contribution in [3.63, 3.8) is 0 Å². The van der Waals surface area contributed by atoms with Gasteiger partial charge in [-0.3, -0.25) is 0 Å². The molecule has 0 amide bonds. The maximum absolute atomic E-state index is 5.41. The number of ether oxygens (including phenoxy) is 1. The fourth-order valence-corrected chi connectivity index (χ4v) is 2.29. The highest BCUT2D eigenvalue weighted by Crippen LogP contribution is 2.26. The number of rotatable bonds is 4. The minimum Gasteiger partial charge on any atom is -0.472 e. The Morgan fingerprint density at radius 1 is 1.11 bits per heavy atom. The Labute approximate surface area is 113 Å². The minimum atomic E-state index is 0.776. The van der Waals surface area contributed by atoms with E-state index in [9.17, 15) is 0 Å². The number of anilines is 2. The molecule has 2 heterocycles. The van der Waals surface area contributed by atoms with Crippen LogP contribution in [0.4, 0.5) is 11.4 Å². The number of benzene rings is 1. The van der Waals surface area contributed by atoms with Crippen LogP contribution in [0.5, 0.6) is 0 Å². The van der Waals surface area contributed by atoms with Gasteiger partial charge in [-0.25, -0.2) is 0 Å². The number of nitrogens with zero attached hydrogens (tertiary/aromatic N) is 1. The molecule has 0 saturated carbocycles. The summed E-state index contributed by atoms with van der Waals surface area (Å²) >= 11 is 0. The molecule has 1 aromatic heterocycles. The number of nitrogens with one attached hydrogen (secondary N) is 1. The second kappa shape index (κ2) is 5.80. The third-order valence-electron chi connectivity index (χ3n) is 3.32. The van der Waals surface area contributed by atoms with Crippen molar-refractivity contribution in [1.29, 1.82) is 0 Å². The molecule has 19 heavy (non-hydrogen) atoms. The molecule has 0 atom stereocenters.